The van der Waals surface area contributed by atoms with Crippen molar-refractivity contribution in [3.05, 3.63) is 63.8 Å². The Kier molecular flexibility index (Phi) is 4.79. The number of rotatable bonds is 3. The number of nitrogens with zero attached hydrogens (tertiary/aromatic N) is 1. The molecule has 0 amide bonds. The van der Waals surface area contributed by atoms with Gasteiger partial charge in [-0.2, -0.15) is 0 Å². The van der Waals surface area contributed by atoms with E-state index in [4.69, 9.17) is 18.9 Å². The third kappa shape index (κ3) is 4.05. The molecule has 8 heteroatoms. The maximum absolute atomic E-state index is 10.3. The lowest BCUT2D eigenvalue weighted by Gasteiger charge is -1.95. The van der Waals surface area contributed by atoms with Crippen LogP contribution in [0.5, 0.6) is 23.0 Å². The number of aldehydes is 1. The van der Waals surface area contributed by atoms with Crippen LogP contribution in [0.3, 0.4) is 0 Å². The van der Waals surface area contributed by atoms with E-state index in [1.807, 2.05) is 0 Å². The molecule has 2 aliphatic heterocycles. The monoisotopic (exact) mass is 343 g/mol. The third-order valence-electron chi connectivity index (χ3n) is 3.32. The Labute approximate surface area is 142 Å². The number of nitro groups is 1. The molecule has 128 valence electrons. The number of carbonyl (C=O) groups is 1. The van der Waals surface area contributed by atoms with Gasteiger partial charge in [0.05, 0.1) is 4.92 Å². The van der Waals surface area contributed by atoms with Crippen molar-refractivity contribution >= 4 is 12.4 Å². The topological polar surface area (TPSA) is 97.1 Å². The van der Waals surface area contributed by atoms with Gasteiger partial charge in [-0.3, -0.25) is 14.9 Å². The fourth-order valence-corrected chi connectivity index (χ4v) is 2.15. The molecule has 0 fully saturated rings. The number of ether oxygens (including phenoxy) is 4. The normalized spacial score (nSPS) is 13.3. The van der Waals surface area contributed by atoms with Crippen LogP contribution in [0, 0.1) is 10.1 Å². The van der Waals surface area contributed by atoms with Gasteiger partial charge in [-0.25, -0.2) is 0 Å². The van der Waals surface area contributed by atoms with Crippen molar-refractivity contribution in [1.82, 2.24) is 0 Å². The molecule has 25 heavy (non-hydrogen) atoms. The second-order valence-electron chi connectivity index (χ2n) is 4.94. The molecule has 0 bridgehead atoms. The Morgan fingerprint density at radius 3 is 1.92 bits per heavy atom. The van der Waals surface area contributed by atoms with Gasteiger partial charge in [0.1, 0.15) is 6.29 Å². The lowest BCUT2D eigenvalue weighted by Crippen LogP contribution is -1.92. The molecule has 2 aromatic rings. The zero-order chi connectivity index (χ0) is 17.6. The fourth-order valence-electron chi connectivity index (χ4n) is 2.15. The number of hydrogen-bond acceptors (Lipinski definition) is 7. The molecule has 0 saturated carbocycles. The summed E-state index contributed by atoms with van der Waals surface area (Å²) in [4.78, 5) is 19.9. The minimum absolute atomic E-state index is 0.206. The third-order valence-corrected chi connectivity index (χ3v) is 3.32. The predicted octanol–water partition coefficient (Wildman–Crippen LogP) is 2.89. The van der Waals surface area contributed by atoms with Crippen LogP contribution in [0.15, 0.2) is 42.6 Å². The number of fused-ring (bicyclic) bond motifs is 2. The molecule has 2 aliphatic rings. The van der Waals surface area contributed by atoms with E-state index in [0.29, 0.717) is 34.1 Å². The highest BCUT2D eigenvalue weighted by atomic mass is 16.7. The average molecular weight is 343 g/mol. The Morgan fingerprint density at radius 2 is 1.36 bits per heavy atom. The van der Waals surface area contributed by atoms with Crippen LogP contribution in [0.1, 0.15) is 15.9 Å². The largest absolute Gasteiger partial charge is 0.454 e. The second-order valence-corrected chi connectivity index (χ2v) is 4.94. The predicted molar refractivity (Wildman–Crippen MR) is 86.5 cm³/mol. The van der Waals surface area contributed by atoms with E-state index in [9.17, 15) is 14.9 Å². The summed E-state index contributed by atoms with van der Waals surface area (Å²) in [5, 5.41) is 10.1. The van der Waals surface area contributed by atoms with Crippen molar-refractivity contribution in [2.75, 3.05) is 13.6 Å². The van der Waals surface area contributed by atoms with Crippen LogP contribution in [0.4, 0.5) is 0 Å². The molecule has 0 unspecified atom stereocenters. The Morgan fingerprint density at radius 1 is 0.840 bits per heavy atom. The summed E-state index contributed by atoms with van der Waals surface area (Å²) in [6.07, 6.45) is 3.07. The van der Waals surface area contributed by atoms with E-state index >= 15 is 0 Å². The van der Waals surface area contributed by atoms with Crippen molar-refractivity contribution in [3.63, 3.8) is 0 Å². The van der Waals surface area contributed by atoms with Crippen molar-refractivity contribution in [3.8, 4) is 23.0 Å². The van der Waals surface area contributed by atoms with Gasteiger partial charge in [-0.1, -0.05) is 6.07 Å². The lowest BCUT2D eigenvalue weighted by atomic mass is 10.2. The summed E-state index contributed by atoms with van der Waals surface area (Å²) in [5.41, 5.74) is 1.32. The summed E-state index contributed by atoms with van der Waals surface area (Å²) in [6, 6.07) is 10.2. The summed E-state index contributed by atoms with van der Waals surface area (Å²) < 4.78 is 20.3. The highest BCUT2D eigenvalue weighted by Gasteiger charge is 2.13. The quantitative estimate of drug-likeness (QED) is 0.480. The van der Waals surface area contributed by atoms with Gasteiger partial charge >= 0.3 is 0 Å². The minimum Gasteiger partial charge on any atom is -0.454 e. The van der Waals surface area contributed by atoms with E-state index in [2.05, 4.69) is 0 Å². The summed E-state index contributed by atoms with van der Waals surface area (Å²) in [6.45, 7) is 0.454. The zero-order valence-corrected chi connectivity index (χ0v) is 12.9. The average Bonchev–Trinajstić information content (AvgIpc) is 3.28. The van der Waals surface area contributed by atoms with Crippen molar-refractivity contribution in [2.24, 2.45) is 0 Å². The van der Waals surface area contributed by atoms with Crippen molar-refractivity contribution in [1.29, 1.82) is 0 Å². The molecule has 4 rings (SSSR count). The summed E-state index contributed by atoms with van der Waals surface area (Å²) in [7, 11) is 0. The number of benzene rings is 2. The van der Waals surface area contributed by atoms with E-state index in [0.717, 1.165) is 12.5 Å². The summed E-state index contributed by atoms with van der Waals surface area (Å²) in [5.74, 6) is 2.64. The first-order valence-corrected chi connectivity index (χ1v) is 7.22. The van der Waals surface area contributed by atoms with Crippen molar-refractivity contribution < 1.29 is 28.7 Å². The maximum Gasteiger partial charge on any atom is 0.235 e. The van der Waals surface area contributed by atoms with Crippen molar-refractivity contribution in [2.45, 2.75) is 0 Å². The molecule has 0 atom stereocenters. The van der Waals surface area contributed by atoms with Gasteiger partial charge in [0.25, 0.3) is 0 Å². The van der Waals surface area contributed by atoms with Crippen LogP contribution >= 0.6 is 0 Å². The minimum atomic E-state index is -0.509. The molecule has 2 aromatic carbocycles. The number of hydrogen-bond donors (Lipinski definition) is 0. The van der Waals surface area contributed by atoms with Gasteiger partial charge in [-0.05, 0) is 35.9 Å². The van der Waals surface area contributed by atoms with E-state index in [-0.39, 0.29) is 13.6 Å². The molecule has 0 aliphatic carbocycles. The first-order valence-electron chi connectivity index (χ1n) is 7.22. The van der Waals surface area contributed by atoms with E-state index < -0.39 is 4.92 Å². The zero-order valence-electron chi connectivity index (χ0n) is 12.9. The standard InChI is InChI=1S/C9H7NO4.C8H6O3/c11-10(12)4-3-7-1-2-8-9(5-7)14-6-13-8;9-4-6-1-2-7-8(3-6)11-5-10-7/h1-5H,6H2;1-4H,5H2/b4-3+;. The fraction of sp³-hybridized carbons (Fsp3) is 0.118. The smallest absolute Gasteiger partial charge is 0.235 e. The van der Waals surface area contributed by atoms with Gasteiger partial charge in [0.15, 0.2) is 23.0 Å². The molecular weight excluding hydrogens is 330 g/mol. The molecule has 0 saturated heterocycles. The lowest BCUT2D eigenvalue weighted by molar-refractivity contribution is -0.400. The first kappa shape index (κ1) is 16.3. The van der Waals surface area contributed by atoms with Crippen LogP contribution in [0.25, 0.3) is 6.08 Å². The Bertz CT molecular complexity index is 832. The number of carbonyl (C=O) groups excluding carboxylic acids is 1. The SMILES string of the molecule is O=Cc1ccc2c(c1)OCO2.O=[N+]([O-])/C=C/c1ccc2c(c1)OCO2. The van der Waals surface area contributed by atoms with Gasteiger partial charge in [-0.15, -0.1) is 0 Å². The molecule has 0 radical (unpaired) electrons. The summed E-state index contributed by atoms with van der Waals surface area (Å²) >= 11 is 0. The van der Waals surface area contributed by atoms with Gasteiger partial charge in [0, 0.05) is 11.6 Å². The van der Waals surface area contributed by atoms with Crippen LogP contribution < -0.4 is 18.9 Å². The van der Waals surface area contributed by atoms with Crippen LogP contribution in [-0.4, -0.2) is 24.8 Å². The van der Waals surface area contributed by atoms with Crippen LogP contribution in [0.2, 0.25) is 0 Å². The highest BCUT2D eigenvalue weighted by Crippen LogP contribution is 2.33. The Balaban J connectivity index is 0.000000150. The van der Waals surface area contributed by atoms with E-state index in [1.54, 1.807) is 36.4 Å². The second kappa shape index (κ2) is 7.35. The Hall–Kier alpha value is -3.55. The van der Waals surface area contributed by atoms with Gasteiger partial charge < -0.3 is 18.9 Å². The molecular formula is C17H13NO7. The molecule has 2 heterocycles. The molecule has 8 nitrogen and oxygen atoms in total. The molecule has 0 N–H and O–H groups in total. The molecule has 0 aromatic heterocycles. The maximum atomic E-state index is 10.3. The first-order chi connectivity index (χ1) is 12.2. The van der Waals surface area contributed by atoms with Crippen LogP contribution in [-0.2, 0) is 0 Å². The highest BCUT2D eigenvalue weighted by molar-refractivity contribution is 5.76. The van der Waals surface area contributed by atoms with E-state index in [1.165, 1.54) is 6.08 Å². The molecule has 0 spiro atoms. The van der Waals surface area contributed by atoms with Gasteiger partial charge in [0.2, 0.25) is 19.8 Å².